The Morgan fingerprint density at radius 2 is 1.94 bits per heavy atom. The van der Waals surface area contributed by atoms with Crippen molar-refractivity contribution in [2.75, 3.05) is 5.75 Å². The maximum absolute atomic E-state index is 12.1. The molecule has 5 heteroatoms. The van der Waals surface area contributed by atoms with Crippen molar-refractivity contribution in [1.29, 1.82) is 0 Å². The molecular formula is C12H22O4S. The molecule has 0 heterocycles. The lowest BCUT2D eigenvalue weighted by Crippen LogP contribution is -2.33. The van der Waals surface area contributed by atoms with Gasteiger partial charge in [-0.2, -0.15) is 0 Å². The molecule has 0 saturated heterocycles. The molecule has 17 heavy (non-hydrogen) atoms. The van der Waals surface area contributed by atoms with Gasteiger partial charge in [-0.25, -0.2) is 8.42 Å². The highest BCUT2D eigenvalue weighted by Gasteiger charge is 2.34. The monoisotopic (exact) mass is 262 g/mol. The average Bonchev–Trinajstić information content (AvgIpc) is 2.69. The third kappa shape index (κ3) is 4.30. The molecule has 0 spiro atoms. The van der Waals surface area contributed by atoms with Crippen LogP contribution in [-0.2, 0) is 14.6 Å². The van der Waals surface area contributed by atoms with Crippen molar-refractivity contribution in [3.05, 3.63) is 0 Å². The quantitative estimate of drug-likeness (QED) is 0.763. The maximum Gasteiger partial charge on any atom is 0.321 e. The number of sulfone groups is 1. The van der Waals surface area contributed by atoms with Gasteiger partial charge in [-0.05, 0) is 25.2 Å². The van der Waals surface area contributed by atoms with Crippen molar-refractivity contribution in [2.45, 2.75) is 57.1 Å². The van der Waals surface area contributed by atoms with E-state index in [0.717, 1.165) is 32.1 Å². The van der Waals surface area contributed by atoms with E-state index in [2.05, 4.69) is 0 Å². The highest BCUT2D eigenvalue weighted by Crippen LogP contribution is 2.27. The summed E-state index contributed by atoms with van der Waals surface area (Å²) in [5.74, 6) is -0.937. The molecule has 1 saturated carbocycles. The van der Waals surface area contributed by atoms with E-state index in [1.165, 1.54) is 0 Å². The van der Waals surface area contributed by atoms with Crippen molar-refractivity contribution in [2.24, 2.45) is 5.92 Å². The maximum atomic E-state index is 12.1. The van der Waals surface area contributed by atoms with Gasteiger partial charge in [0.15, 0.2) is 15.1 Å². The molecular weight excluding hydrogens is 240 g/mol. The third-order valence-corrected chi connectivity index (χ3v) is 5.71. The first-order chi connectivity index (χ1) is 7.97. The van der Waals surface area contributed by atoms with Crippen LogP contribution in [0.25, 0.3) is 0 Å². The summed E-state index contributed by atoms with van der Waals surface area (Å²) in [5, 5.41) is 7.84. The first kappa shape index (κ1) is 14.5. The number of hydrogen-bond donors (Lipinski definition) is 1. The van der Waals surface area contributed by atoms with Crippen LogP contribution in [0, 0.1) is 5.92 Å². The van der Waals surface area contributed by atoms with Crippen molar-refractivity contribution in [3.8, 4) is 0 Å². The fraction of sp³-hybridized carbons (Fsp3) is 0.917. The minimum absolute atomic E-state index is 0.0632. The first-order valence-corrected chi connectivity index (χ1v) is 8.13. The van der Waals surface area contributed by atoms with Crippen LogP contribution in [0.4, 0.5) is 0 Å². The van der Waals surface area contributed by atoms with Gasteiger partial charge in [0.2, 0.25) is 0 Å². The molecule has 1 N–H and O–H groups in total. The average molecular weight is 262 g/mol. The number of hydrogen-bond acceptors (Lipinski definition) is 3. The molecule has 0 aromatic heterocycles. The van der Waals surface area contributed by atoms with E-state index in [1.807, 2.05) is 6.92 Å². The van der Waals surface area contributed by atoms with Crippen LogP contribution in [0.2, 0.25) is 0 Å². The van der Waals surface area contributed by atoms with Crippen LogP contribution < -0.4 is 0 Å². The van der Waals surface area contributed by atoms with E-state index in [-0.39, 0.29) is 18.1 Å². The Hall–Kier alpha value is -0.580. The molecule has 1 aliphatic carbocycles. The van der Waals surface area contributed by atoms with Gasteiger partial charge in [0.05, 0.1) is 5.75 Å². The molecule has 0 aromatic rings. The summed E-state index contributed by atoms with van der Waals surface area (Å²) in [7, 11) is -3.48. The zero-order chi connectivity index (χ0) is 12.9. The van der Waals surface area contributed by atoms with E-state index < -0.39 is 21.1 Å². The van der Waals surface area contributed by atoms with Crippen LogP contribution >= 0.6 is 0 Å². The molecule has 0 bridgehead atoms. The second-order valence-electron chi connectivity index (χ2n) is 4.95. The molecule has 0 radical (unpaired) electrons. The van der Waals surface area contributed by atoms with E-state index in [1.54, 1.807) is 0 Å². The van der Waals surface area contributed by atoms with Gasteiger partial charge in [-0.3, -0.25) is 4.79 Å². The Morgan fingerprint density at radius 1 is 1.35 bits per heavy atom. The summed E-state index contributed by atoms with van der Waals surface area (Å²) < 4.78 is 24.1. The fourth-order valence-electron chi connectivity index (χ4n) is 2.47. The van der Waals surface area contributed by atoms with Gasteiger partial charge in [-0.1, -0.05) is 32.6 Å². The lowest BCUT2D eigenvalue weighted by atomic mass is 10.1. The van der Waals surface area contributed by atoms with Gasteiger partial charge >= 0.3 is 5.97 Å². The van der Waals surface area contributed by atoms with Crippen molar-refractivity contribution in [3.63, 3.8) is 0 Å². The molecule has 100 valence electrons. The standard InChI is InChI=1S/C12H22O4S/c1-2-3-8-11(12(13)14)17(15,16)9-10-6-4-5-7-10/h10-11H,2-9H2,1H3,(H,13,14). The summed E-state index contributed by atoms with van der Waals surface area (Å²) in [6.45, 7) is 1.93. The van der Waals surface area contributed by atoms with E-state index in [9.17, 15) is 13.2 Å². The van der Waals surface area contributed by atoms with Crippen LogP contribution in [0.15, 0.2) is 0 Å². The predicted octanol–water partition coefficient (Wildman–Crippen LogP) is 2.23. The van der Waals surface area contributed by atoms with Crippen LogP contribution in [0.5, 0.6) is 0 Å². The molecule has 4 nitrogen and oxygen atoms in total. The van der Waals surface area contributed by atoms with Crippen LogP contribution in [0.3, 0.4) is 0 Å². The Balaban J connectivity index is 2.65. The number of carboxylic acids is 1. The smallest absolute Gasteiger partial charge is 0.321 e. The SMILES string of the molecule is CCCCC(C(=O)O)S(=O)(=O)CC1CCCC1. The van der Waals surface area contributed by atoms with Crippen LogP contribution in [0.1, 0.15) is 51.9 Å². The molecule has 1 aliphatic rings. The molecule has 1 fully saturated rings. The van der Waals surface area contributed by atoms with Crippen molar-refractivity contribution in [1.82, 2.24) is 0 Å². The highest BCUT2D eigenvalue weighted by atomic mass is 32.2. The number of carbonyl (C=O) groups is 1. The van der Waals surface area contributed by atoms with Gasteiger partial charge in [0.1, 0.15) is 0 Å². The third-order valence-electron chi connectivity index (χ3n) is 3.47. The fourth-order valence-corrected chi connectivity index (χ4v) is 4.52. The summed E-state index contributed by atoms with van der Waals surface area (Å²) in [4.78, 5) is 11.0. The molecule has 0 aliphatic heterocycles. The lowest BCUT2D eigenvalue weighted by Gasteiger charge is -2.16. The molecule has 1 unspecified atom stereocenters. The zero-order valence-corrected chi connectivity index (χ0v) is 11.2. The Labute approximate surface area is 103 Å². The highest BCUT2D eigenvalue weighted by molar-refractivity contribution is 7.92. The minimum atomic E-state index is -3.48. The Morgan fingerprint density at radius 3 is 2.41 bits per heavy atom. The molecule has 0 amide bonds. The zero-order valence-electron chi connectivity index (χ0n) is 10.4. The van der Waals surface area contributed by atoms with Gasteiger partial charge in [0, 0.05) is 0 Å². The van der Waals surface area contributed by atoms with Crippen molar-refractivity contribution < 1.29 is 18.3 Å². The number of unbranched alkanes of at least 4 members (excludes halogenated alkanes) is 1. The largest absolute Gasteiger partial charge is 0.480 e. The number of rotatable bonds is 7. The van der Waals surface area contributed by atoms with Gasteiger partial charge < -0.3 is 5.11 Å². The van der Waals surface area contributed by atoms with Crippen LogP contribution in [-0.4, -0.2) is 30.5 Å². The summed E-state index contributed by atoms with van der Waals surface area (Å²) in [6.07, 6.45) is 5.74. The topological polar surface area (TPSA) is 71.4 Å². The Bertz CT molecular complexity index is 342. The molecule has 1 atom stereocenters. The van der Waals surface area contributed by atoms with Gasteiger partial charge in [-0.15, -0.1) is 0 Å². The second kappa shape index (κ2) is 6.38. The minimum Gasteiger partial charge on any atom is -0.480 e. The normalized spacial score (nSPS) is 19.4. The molecule has 1 rings (SSSR count). The summed E-state index contributed by atoms with van der Waals surface area (Å²) >= 11 is 0. The lowest BCUT2D eigenvalue weighted by molar-refractivity contribution is -0.136. The van der Waals surface area contributed by atoms with E-state index in [4.69, 9.17) is 5.11 Å². The van der Waals surface area contributed by atoms with Gasteiger partial charge in [0.25, 0.3) is 0 Å². The number of aliphatic carboxylic acids is 1. The summed E-state index contributed by atoms with van der Waals surface area (Å²) in [6, 6.07) is 0. The number of carboxylic acid groups (broad SMARTS) is 1. The van der Waals surface area contributed by atoms with Crippen molar-refractivity contribution >= 4 is 15.8 Å². The molecule has 0 aromatic carbocycles. The van der Waals surface area contributed by atoms with E-state index >= 15 is 0 Å². The summed E-state index contributed by atoms with van der Waals surface area (Å²) in [5.41, 5.74) is 0. The Kier molecular flexibility index (Phi) is 5.43. The predicted molar refractivity (Wildman–Crippen MR) is 66.7 cm³/mol. The second-order valence-corrected chi connectivity index (χ2v) is 7.18. The van der Waals surface area contributed by atoms with E-state index in [0.29, 0.717) is 6.42 Å². The first-order valence-electron chi connectivity index (χ1n) is 6.41.